The first kappa shape index (κ1) is 90.4. The molecule has 0 saturated carbocycles. The van der Waals surface area contributed by atoms with Crippen molar-refractivity contribution in [2.24, 2.45) is 0 Å². The van der Waals surface area contributed by atoms with E-state index in [1.165, 1.54) is 68.2 Å². The Morgan fingerprint density at radius 2 is 0.707 bits per heavy atom. The highest BCUT2D eigenvalue weighted by molar-refractivity contribution is 6.07. The summed E-state index contributed by atoms with van der Waals surface area (Å²) >= 11 is 0. The van der Waals surface area contributed by atoms with Crippen molar-refractivity contribution in [3.05, 3.63) is 216 Å². The van der Waals surface area contributed by atoms with Gasteiger partial charge in [-0.15, -0.1) is 0 Å². The van der Waals surface area contributed by atoms with E-state index in [0.717, 1.165) is 41.6 Å². The summed E-state index contributed by atoms with van der Waals surface area (Å²) < 4.78 is 61.6. The number of amides is 7. The molecule has 0 fully saturated rings. The summed E-state index contributed by atoms with van der Waals surface area (Å²) in [4.78, 5) is 124. The van der Waals surface area contributed by atoms with E-state index in [9.17, 15) is 43.2 Å². The molecule has 0 bridgehead atoms. The van der Waals surface area contributed by atoms with Gasteiger partial charge in [-0.2, -0.15) is 0 Å². The number of aryl methyl sites for hydroxylation is 2. The summed E-state index contributed by atoms with van der Waals surface area (Å²) in [6.07, 6.45) is 29.2. The standard InChI is InChI=1S/C46H56N4O11.C42H52N4O9/c1-9-15-32-22-34(13-5)49(27-32)44(53)37-24-41(56-8)42(26-39(37)48-46(55)60-18-12-4)58-20-14-19-57-40-25-38(47-45(54)59-17-11-3)36(21-30(40)6)43(52)50-28-33(16-10-2)23-35(50)29-61-31(7)51;1-8-13-29-19-31(11-4)45(24-29)40(48)33-21-38(51-7)39(22-35(33)43)53-17-12-16-52-37-23-36(44-42(50)54-15-10-3)34(18-27(37)5)41(49)46-25-30(14-9-2)20-32(46)26-55-28(6)47/h9-12,15-16,21,24-28,34-35H,3-4,13-14,17-20,22-23,29H2,1-2,5-8H3,(H,47,54)(H,48,55);8-10,13-14,18,21-25,31-32H,3,11-12,15-17,19-20,26,43H2,1-2,4-7H3,(H,44,50)/b15-9+,16-10+;13-8+,14-9+/t34-,35+;31-,32+/m11/s1. The fourth-order valence-electron chi connectivity index (χ4n) is 13.1. The first-order valence-corrected chi connectivity index (χ1v) is 38.4. The molecule has 620 valence electrons. The molecule has 5 N–H and O–H groups in total. The van der Waals surface area contributed by atoms with Crippen LogP contribution in [0.5, 0.6) is 34.5 Å². The van der Waals surface area contributed by atoms with Gasteiger partial charge in [-0.05, 0) is 138 Å². The third-order valence-electron chi connectivity index (χ3n) is 18.5. The van der Waals surface area contributed by atoms with Crippen LogP contribution in [0.25, 0.3) is 0 Å². The van der Waals surface area contributed by atoms with Crippen LogP contribution in [-0.2, 0) is 33.3 Å². The number of nitrogens with two attached hydrogens (primary N) is 1. The van der Waals surface area contributed by atoms with Crippen molar-refractivity contribution in [2.75, 3.05) is 95.4 Å². The molecule has 28 nitrogen and oxygen atoms in total. The van der Waals surface area contributed by atoms with Crippen LogP contribution in [0.2, 0.25) is 0 Å². The Kier molecular flexibility index (Phi) is 35.3. The number of allylic oxidation sites excluding steroid dienone is 8. The maximum absolute atomic E-state index is 14.1. The molecular formula is C88H108N8O20. The molecule has 0 spiro atoms. The van der Waals surface area contributed by atoms with Crippen LogP contribution < -0.4 is 50.1 Å². The zero-order valence-electron chi connectivity index (χ0n) is 68.3. The van der Waals surface area contributed by atoms with Crippen molar-refractivity contribution in [3.63, 3.8) is 0 Å². The van der Waals surface area contributed by atoms with Crippen molar-refractivity contribution in [3.8, 4) is 34.5 Å². The van der Waals surface area contributed by atoms with Gasteiger partial charge in [0.15, 0.2) is 23.0 Å². The lowest BCUT2D eigenvalue weighted by molar-refractivity contribution is -0.143. The van der Waals surface area contributed by atoms with Gasteiger partial charge in [-0.3, -0.25) is 44.7 Å². The van der Waals surface area contributed by atoms with Gasteiger partial charge in [-0.25, -0.2) is 14.4 Å². The van der Waals surface area contributed by atoms with Gasteiger partial charge in [0.25, 0.3) is 23.6 Å². The Labute approximate surface area is 678 Å². The Hall–Kier alpha value is -12.8. The third-order valence-corrected chi connectivity index (χ3v) is 18.5. The van der Waals surface area contributed by atoms with Crippen molar-refractivity contribution < 1.29 is 95.3 Å². The summed E-state index contributed by atoms with van der Waals surface area (Å²) in [5, 5.41) is 7.99. The second-order valence-corrected chi connectivity index (χ2v) is 27.1. The van der Waals surface area contributed by atoms with Crippen LogP contribution in [-0.4, -0.2) is 171 Å². The fraction of sp³-hybridized carbons (Fsp3) is 0.375. The van der Waals surface area contributed by atoms with E-state index in [-0.39, 0.29) is 134 Å². The molecule has 4 aliphatic rings. The molecule has 0 aliphatic carbocycles. The highest BCUT2D eigenvalue weighted by Crippen LogP contribution is 2.40. The Morgan fingerprint density at radius 1 is 0.414 bits per heavy atom. The number of esters is 2. The van der Waals surface area contributed by atoms with Crippen LogP contribution >= 0.6 is 0 Å². The molecular weight excluding hydrogens is 1490 g/mol. The van der Waals surface area contributed by atoms with E-state index in [1.807, 2.05) is 95.6 Å². The normalized spacial score (nSPS) is 16.2. The molecule has 4 heterocycles. The molecule has 8 rings (SSSR count). The van der Waals surface area contributed by atoms with Crippen molar-refractivity contribution in [1.29, 1.82) is 0 Å². The largest absolute Gasteiger partial charge is 0.493 e. The van der Waals surface area contributed by atoms with Crippen LogP contribution in [0.1, 0.15) is 159 Å². The molecule has 7 amide bonds. The minimum atomic E-state index is -0.801. The number of benzene rings is 4. The van der Waals surface area contributed by atoms with E-state index in [4.69, 9.17) is 57.8 Å². The number of nitrogen functional groups attached to an aromatic ring is 1. The predicted molar refractivity (Wildman–Crippen MR) is 443 cm³/mol. The molecule has 4 aromatic carbocycles. The van der Waals surface area contributed by atoms with Crippen LogP contribution in [0, 0.1) is 13.8 Å². The molecule has 0 radical (unpaired) electrons. The number of carbonyl (C=O) groups excluding carboxylic acids is 9. The summed E-state index contributed by atoms with van der Waals surface area (Å²) in [7, 11) is 2.96. The van der Waals surface area contributed by atoms with Gasteiger partial charge < -0.3 is 77.4 Å². The maximum Gasteiger partial charge on any atom is 0.411 e. The lowest BCUT2D eigenvalue weighted by Gasteiger charge is -2.25. The van der Waals surface area contributed by atoms with Crippen LogP contribution in [0.15, 0.2) is 182 Å². The van der Waals surface area contributed by atoms with Crippen molar-refractivity contribution in [2.45, 2.75) is 145 Å². The van der Waals surface area contributed by atoms with Gasteiger partial charge >= 0.3 is 30.2 Å². The number of nitrogens with zero attached hydrogens (tertiary/aromatic N) is 4. The molecule has 0 saturated heterocycles. The number of methoxy groups -OCH3 is 2. The van der Waals surface area contributed by atoms with E-state index in [2.05, 4.69) is 42.6 Å². The van der Waals surface area contributed by atoms with Gasteiger partial charge in [0, 0.05) is 93.5 Å². The molecule has 0 aromatic heterocycles. The van der Waals surface area contributed by atoms with Gasteiger partial charge in [-0.1, -0.05) is 100 Å². The number of hydrogen-bond donors (Lipinski definition) is 4. The SMILES string of the molecule is C=CCOC(=O)Nc1cc(OCCCOc2cc(N)c(C(=O)N3C=C(/C=C/C)C[C@H]3CC)cc2OC)c(C)cc1C(=O)N1C=C(/C=C/C)C[C@H]1COC(C)=O.C=CCOC(=O)Nc1cc(OCCCOc2cc(NC(=O)OCC=C)c(C(=O)N3C=C(/C=C/C)C[C@H]3COC(C)=O)cc2C)c(OC)cc1C(=O)N1C=C(/C=C/C)C[C@H]1CC. The number of hydrogen-bond acceptors (Lipinski definition) is 21. The Morgan fingerprint density at radius 3 is 1.03 bits per heavy atom. The number of rotatable bonds is 37. The van der Waals surface area contributed by atoms with E-state index in [1.54, 1.807) is 72.4 Å². The highest BCUT2D eigenvalue weighted by Gasteiger charge is 2.36. The number of carbonyl (C=O) groups is 9. The Balaban J connectivity index is 0.000000322. The lowest BCUT2D eigenvalue weighted by Crippen LogP contribution is -2.37. The quantitative estimate of drug-likeness (QED) is 0.0107. The number of nitrogens with one attached hydrogen (secondary N) is 3. The van der Waals surface area contributed by atoms with Crippen LogP contribution in [0.3, 0.4) is 0 Å². The van der Waals surface area contributed by atoms with E-state index in [0.29, 0.717) is 71.8 Å². The lowest BCUT2D eigenvalue weighted by atomic mass is 10.1. The maximum atomic E-state index is 14.1. The average Bonchev–Trinajstić information content (AvgIpc) is 1.56. The third kappa shape index (κ3) is 25.1. The molecule has 4 aliphatic heterocycles. The van der Waals surface area contributed by atoms with E-state index < -0.39 is 54.1 Å². The summed E-state index contributed by atoms with van der Waals surface area (Å²) in [6, 6.07) is 11.7. The molecule has 4 atom stereocenters. The summed E-state index contributed by atoms with van der Waals surface area (Å²) in [6.45, 7) is 29.2. The second-order valence-electron chi connectivity index (χ2n) is 27.1. The minimum absolute atomic E-state index is 0.00722. The van der Waals surface area contributed by atoms with E-state index >= 15 is 0 Å². The van der Waals surface area contributed by atoms with Gasteiger partial charge in [0.1, 0.15) is 44.5 Å². The summed E-state index contributed by atoms with van der Waals surface area (Å²) in [5.74, 6) is -0.150. The fourth-order valence-corrected chi connectivity index (χ4v) is 13.1. The second kappa shape index (κ2) is 45.2. The predicted octanol–water partition coefficient (Wildman–Crippen LogP) is 16.1. The number of ether oxygens (including phenoxy) is 11. The first-order chi connectivity index (χ1) is 55.8. The van der Waals surface area contributed by atoms with Crippen molar-refractivity contribution >= 4 is 76.6 Å². The summed E-state index contributed by atoms with van der Waals surface area (Å²) in [5.41, 5.74) is 13.2. The minimum Gasteiger partial charge on any atom is -0.493 e. The Bertz CT molecular complexity index is 4530. The smallest absolute Gasteiger partial charge is 0.411 e. The van der Waals surface area contributed by atoms with Gasteiger partial charge in [0.05, 0.1) is 92.0 Å². The highest BCUT2D eigenvalue weighted by atomic mass is 16.6. The van der Waals surface area contributed by atoms with Crippen LogP contribution in [0.4, 0.5) is 37.1 Å². The monoisotopic (exact) mass is 1600 g/mol. The molecule has 0 unspecified atom stereocenters. The molecule has 28 heteroatoms. The zero-order valence-corrected chi connectivity index (χ0v) is 68.3. The number of anilines is 4. The average molecular weight is 1600 g/mol. The first-order valence-electron chi connectivity index (χ1n) is 38.4. The van der Waals surface area contributed by atoms with Gasteiger partial charge in [0.2, 0.25) is 0 Å². The zero-order chi connectivity index (χ0) is 84.5. The topological polar surface area (TPSA) is 330 Å². The van der Waals surface area contributed by atoms with Crippen molar-refractivity contribution in [1.82, 2.24) is 19.6 Å². The molecule has 116 heavy (non-hydrogen) atoms. The molecule has 4 aromatic rings.